The number of amides is 1. The van der Waals surface area contributed by atoms with Gasteiger partial charge in [0.25, 0.3) is 0 Å². The number of carbonyl (C=O) groups is 1. The highest BCUT2D eigenvalue weighted by molar-refractivity contribution is 14.1. The number of nitrogens with zero attached hydrogens (tertiary/aromatic N) is 2. The van der Waals surface area contributed by atoms with Crippen molar-refractivity contribution in [1.29, 1.82) is 0 Å². The van der Waals surface area contributed by atoms with Crippen LogP contribution < -0.4 is 5.32 Å². The molecular formula is C11H18IN3O. The second-order valence-corrected chi connectivity index (χ2v) is 5.79. The van der Waals surface area contributed by atoms with Crippen LogP contribution in [0.3, 0.4) is 0 Å². The maximum atomic E-state index is 12.0. The number of hydrogen-bond acceptors (Lipinski definition) is 2. The van der Waals surface area contributed by atoms with Crippen LogP contribution in [-0.4, -0.2) is 21.2 Å². The number of carbonyl (C=O) groups excluding carboxylic acids is 1. The molecule has 0 saturated carbocycles. The molecule has 0 fully saturated rings. The largest absolute Gasteiger partial charge is 0.349 e. The number of halogens is 1. The van der Waals surface area contributed by atoms with E-state index in [9.17, 15) is 4.79 Å². The molecule has 0 aliphatic rings. The first-order valence-corrected chi connectivity index (χ1v) is 6.45. The molecule has 1 amide bonds. The Kier molecular flexibility index (Phi) is 4.35. The number of aromatic nitrogens is 2. The van der Waals surface area contributed by atoms with E-state index in [2.05, 4.69) is 39.9 Å². The Hall–Kier alpha value is -0.590. The molecule has 1 atom stereocenters. The third-order valence-electron chi connectivity index (χ3n) is 2.69. The second kappa shape index (κ2) is 5.16. The molecule has 5 heteroatoms. The standard InChI is InChI=1S/C11H18IN3O/c1-5-11(3,4)14-10(16)8(2)15-7-9(12)6-13-15/h6-8H,5H2,1-4H3,(H,14,16). The van der Waals surface area contributed by atoms with Crippen LogP contribution in [0, 0.1) is 3.57 Å². The normalized spacial score (nSPS) is 13.6. The Balaban J connectivity index is 2.68. The third-order valence-corrected chi connectivity index (χ3v) is 3.25. The van der Waals surface area contributed by atoms with Crippen molar-refractivity contribution < 1.29 is 4.79 Å². The molecule has 0 saturated heterocycles. The first-order chi connectivity index (χ1) is 7.35. The minimum atomic E-state index is -0.269. The lowest BCUT2D eigenvalue weighted by Gasteiger charge is -2.26. The summed E-state index contributed by atoms with van der Waals surface area (Å²) in [4.78, 5) is 12.0. The Morgan fingerprint density at radius 2 is 2.31 bits per heavy atom. The summed E-state index contributed by atoms with van der Waals surface area (Å²) in [5, 5.41) is 7.15. The molecule has 1 unspecified atom stereocenters. The average Bonchev–Trinajstić information content (AvgIpc) is 2.63. The lowest BCUT2D eigenvalue weighted by atomic mass is 10.0. The summed E-state index contributed by atoms with van der Waals surface area (Å²) < 4.78 is 2.72. The van der Waals surface area contributed by atoms with Crippen LogP contribution in [0.25, 0.3) is 0 Å². The quantitative estimate of drug-likeness (QED) is 0.859. The third kappa shape index (κ3) is 3.47. The Bertz CT molecular complexity index is 373. The smallest absolute Gasteiger partial charge is 0.244 e. The van der Waals surface area contributed by atoms with Gasteiger partial charge in [0, 0.05) is 11.7 Å². The minimum absolute atomic E-state index is 0.00588. The van der Waals surface area contributed by atoms with Crippen molar-refractivity contribution in [2.45, 2.75) is 45.7 Å². The van der Waals surface area contributed by atoms with E-state index in [0.717, 1.165) is 9.99 Å². The summed E-state index contributed by atoms with van der Waals surface area (Å²) in [5.41, 5.74) is -0.161. The predicted molar refractivity (Wildman–Crippen MR) is 72.2 cm³/mol. The van der Waals surface area contributed by atoms with Crippen LogP contribution in [0.1, 0.15) is 40.2 Å². The first-order valence-electron chi connectivity index (χ1n) is 5.37. The Morgan fingerprint density at radius 3 is 2.75 bits per heavy atom. The molecule has 0 radical (unpaired) electrons. The van der Waals surface area contributed by atoms with Crippen molar-refractivity contribution in [2.24, 2.45) is 0 Å². The zero-order valence-electron chi connectivity index (χ0n) is 10.1. The molecular weight excluding hydrogens is 317 g/mol. The van der Waals surface area contributed by atoms with Gasteiger partial charge < -0.3 is 5.32 Å². The molecule has 0 aliphatic heterocycles. The van der Waals surface area contributed by atoms with Crippen LogP contribution in [-0.2, 0) is 4.79 Å². The Labute approximate surface area is 110 Å². The van der Waals surface area contributed by atoms with E-state index in [0.29, 0.717) is 0 Å². The summed E-state index contributed by atoms with van der Waals surface area (Å²) in [7, 11) is 0. The molecule has 4 nitrogen and oxygen atoms in total. The lowest BCUT2D eigenvalue weighted by molar-refractivity contribution is -0.125. The highest BCUT2D eigenvalue weighted by Gasteiger charge is 2.23. The van der Waals surface area contributed by atoms with Gasteiger partial charge in [0.1, 0.15) is 6.04 Å². The maximum absolute atomic E-state index is 12.0. The molecule has 0 aromatic carbocycles. The fraction of sp³-hybridized carbons (Fsp3) is 0.636. The Morgan fingerprint density at radius 1 is 1.69 bits per heavy atom. The predicted octanol–water partition coefficient (Wildman–Crippen LogP) is 2.35. The lowest BCUT2D eigenvalue weighted by Crippen LogP contribution is -2.45. The van der Waals surface area contributed by atoms with E-state index in [1.54, 1.807) is 10.9 Å². The van der Waals surface area contributed by atoms with E-state index in [-0.39, 0.29) is 17.5 Å². The van der Waals surface area contributed by atoms with Gasteiger partial charge in [0.05, 0.1) is 9.77 Å². The highest BCUT2D eigenvalue weighted by atomic mass is 127. The molecule has 0 aliphatic carbocycles. The van der Waals surface area contributed by atoms with Crippen molar-refractivity contribution in [3.8, 4) is 0 Å². The van der Waals surface area contributed by atoms with Crippen LogP contribution in [0.2, 0.25) is 0 Å². The van der Waals surface area contributed by atoms with E-state index < -0.39 is 0 Å². The van der Waals surface area contributed by atoms with Gasteiger partial charge in [0.2, 0.25) is 5.91 Å². The zero-order chi connectivity index (χ0) is 12.3. The number of hydrogen-bond donors (Lipinski definition) is 1. The molecule has 1 aromatic heterocycles. The zero-order valence-corrected chi connectivity index (χ0v) is 12.3. The van der Waals surface area contributed by atoms with Crippen LogP contribution >= 0.6 is 22.6 Å². The summed E-state index contributed by atoms with van der Waals surface area (Å²) in [6.45, 7) is 7.95. The van der Waals surface area contributed by atoms with Gasteiger partial charge in [-0.05, 0) is 49.8 Å². The molecule has 1 rings (SSSR count). The summed E-state index contributed by atoms with van der Waals surface area (Å²) in [6.07, 6.45) is 4.52. The maximum Gasteiger partial charge on any atom is 0.244 e. The van der Waals surface area contributed by atoms with Crippen molar-refractivity contribution in [3.63, 3.8) is 0 Å². The summed E-state index contributed by atoms with van der Waals surface area (Å²) in [6, 6.07) is -0.269. The molecule has 0 bridgehead atoms. The van der Waals surface area contributed by atoms with Crippen molar-refractivity contribution >= 4 is 28.5 Å². The summed E-state index contributed by atoms with van der Waals surface area (Å²) in [5.74, 6) is 0.00588. The van der Waals surface area contributed by atoms with E-state index in [1.807, 2.05) is 27.0 Å². The molecule has 0 spiro atoms. The highest BCUT2D eigenvalue weighted by Crippen LogP contribution is 2.12. The van der Waals surface area contributed by atoms with Gasteiger partial charge in [0.15, 0.2) is 0 Å². The average molecular weight is 335 g/mol. The SMILES string of the molecule is CCC(C)(C)NC(=O)C(C)n1cc(I)cn1. The fourth-order valence-electron chi connectivity index (χ4n) is 1.17. The van der Waals surface area contributed by atoms with E-state index in [4.69, 9.17) is 0 Å². The van der Waals surface area contributed by atoms with Gasteiger partial charge in [-0.25, -0.2) is 0 Å². The van der Waals surface area contributed by atoms with E-state index in [1.165, 1.54) is 0 Å². The monoisotopic (exact) mass is 335 g/mol. The van der Waals surface area contributed by atoms with Crippen LogP contribution in [0.5, 0.6) is 0 Å². The van der Waals surface area contributed by atoms with E-state index >= 15 is 0 Å². The van der Waals surface area contributed by atoms with Crippen molar-refractivity contribution in [1.82, 2.24) is 15.1 Å². The number of nitrogens with one attached hydrogen (secondary N) is 1. The molecule has 1 N–H and O–H groups in total. The molecule has 1 aromatic rings. The van der Waals surface area contributed by atoms with Crippen LogP contribution in [0.4, 0.5) is 0 Å². The second-order valence-electron chi connectivity index (χ2n) is 4.54. The van der Waals surface area contributed by atoms with Gasteiger partial charge in [-0.2, -0.15) is 5.10 Å². The minimum Gasteiger partial charge on any atom is -0.349 e. The topological polar surface area (TPSA) is 46.9 Å². The van der Waals surface area contributed by atoms with Gasteiger partial charge in [-0.1, -0.05) is 6.92 Å². The van der Waals surface area contributed by atoms with Crippen molar-refractivity contribution in [2.75, 3.05) is 0 Å². The first kappa shape index (κ1) is 13.5. The van der Waals surface area contributed by atoms with Gasteiger partial charge in [-0.3, -0.25) is 9.48 Å². The fourth-order valence-corrected chi connectivity index (χ4v) is 1.58. The van der Waals surface area contributed by atoms with Crippen LogP contribution in [0.15, 0.2) is 12.4 Å². The molecule has 16 heavy (non-hydrogen) atoms. The summed E-state index contributed by atoms with van der Waals surface area (Å²) >= 11 is 2.18. The molecule has 1 heterocycles. The molecule has 90 valence electrons. The number of rotatable bonds is 4. The van der Waals surface area contributed by atoms with Gasteiger partial charge >= 0.3 is 0 Å². The van der Waals surface area contributed by atoms with Crippen molar-refractivity contribution in [3.05, 3.63) is 16.0 Å². The van der Waals surface area contributed by atoms with Gasteiger partial charge in [-0.15, -0.1) is 0 Å².